The molecule has 0 aliphatic carbocycles. The molecule has 0 saturated heterocycles. The molecule has 0 N–H and O–H groups in total. The van der Waals surface area contributed by atoms with Gasteiger partial charge >= 0.3 is 6.85 Å². The van der Waals surface area contributed by atoms with E-state index in [0.29, 0.717) is 22.5 Å². The molecular weight excluding hydrogens is 297 g/mol. The van der Waals surface area contributed by atoms with Crippen LogP contribution in [-0.2, 0) is 7.05 Å². The zero-order valence-corrected chi connectivity index (χ0v) is 13.8. The van der Waals surface area contributed by atoms with Gasteiger partial charge in [0.15, 0.2) is 0 Å². The van der Waals surface area contributed by atoms with E-state index in [4.69, 9.17) is 12.6 Å². The van der Waals surface area contributed by atoms with Gasteiger partial charge in [-0.05, 0) is 56.8 Å². The Morgan fingerprint density at radius 1 is 1.29 bits per heavy atom. The summed E-state index contributed by atoms with van der Waals surface area (Å²) in [5.74, 6) is 0.812. The molecule has 0 amide bonds. The lowest BCUT2D eigenvalue weighted by atomic mass is 9.58. The molecule has 0 saturated carbocycles. The third-order valence-corrected chi connectivity index (χ3v) is 4.54. The summed E-state index contributed by atoms with van der Waals surface area (Å²) in [6.07, 6.45) is 5.46. The van der Waals surface area contributed by atoms with E-state index in [1.807, 2.05) is 37.0 Å². The lowest BCUT2D eigenvalue weighted by Gasteiger charge is -2.22. The van der Waals surface area contributed by atoms with Crippen molar-refractivity contribution in [1.29, 1.82) is 0 Å². The Labute approximate surface area is 151 Å². The van der Waals surface area contributed by atoms with Crippen LogP contribution in [0.15, 0.2) is 35.0 Å². The number of pyridine rings is 2. The van der Waals surface area contributed by atoms with E-state index >= 15 is 0 Å². The summed E-state index contributed by atoms with van der Waals surface area (Å²) < 4.78 is 53.6. The molecule has 4 heterocycles. The normalized spacial score (nSPS) is 18.5. The Morgan fingerprint density at radius 3 is 2.96 bits per heavy atom. The van der Waals surface area contributed by atoms with E-state index in [1.165, 1.54) is 6.07 Å². The van der Waals surface area contributed by atoms with Crippen LogP contribution in [0.25, 0.3) is 17.2 Å². The standard InChI is InChI=1S/C19H21BN3O/c1-12-10-17(22(5)11-13(12)2)23-9-8-15-16-7-6-14(3)21-19(16)24-18(15)20(23)4/h6-11H,1-5H3/q+1/i2D3,3D3. The first kappa shape index (κ1) is 9.67. The van der Waals surface area contributed by atoms with Crippen LogP contribution in [0.4, 0.5) is 5.82 Å². The first-order valence-corrected chi connectivity index (χ1v) is 7.79. The monoisotopic (exact) mass is 324 g/mol. The molecule has 4 rings (SSSR count). The van der Waals surface area contributed by atoms with E-state index in [0.717, 1.165) is 16.8 Å². The maximum atomic E-state index is 7.72. The maximum absolute atomic E-state index is 7.72. The molecule has 0 spiro atoms. The third kappa shape index (κ3) is 2.15. The van der Waals surface area contributed by atoms with Crippen molar-refractivity contribution in [3.05, 3.63) is 53.0 Å². The molecule has 0 fully saturated rings. The molecule has 4 nitrogen and oxygen atoms in total. The average molecular weight is 324 g/mol. The molecule has 5 heteroatoms. The van der Waals surface area contributed by atoms with E-state index < -0.39 is 13.7 Å². The second-order valence-corrected chi connectivity index (χ2v) is 6.17. The first-order valence-electron chi connectivity index (χ1n) is 10.8. The van der Waals surface area contributed by atoms with Gasteiger partial charge in [-0.25, -0.2) is 9.55 Å². The number of aryl methyl sites for hydroxylation is 4. The largest absolute Gasteiger partial charge is 0.447 e. The number of fused-ring (bicyclic) bond motifs is 3. The summed E-state index contributed by atoms with van der Waals surface area (Å²) in [7, 11) is 1.81. The van der Waals surface area contributed by atoms with E-state index in [9.17, 15) is 0 Å². The van der Waals surface area contributed by atoms with E-state index in [2.05, 4.69) is 4.98 Å². The summed E-state index contributed by atoms with van der Waals surface area (Å²) in [4.78, 5) is 6.20. The van der Waals surface area contributed by atoms with Gasteiger partial charge in [-0.15, -0.1) is 0 Å². The lowest BCUT2D eigenvalue weighted by molar-refractivity contribution is -0.658. The number of hydrogen-bond donors (Lipinski definition) is 0. The molecule has 24 heavy (non-hydrogen) atoms. The highest BCUT2D eigenvalue weighted by atomic mass is 16.3. The fourth-order valence-electron chi connectivity index (χ4n) is 3.17. The highest BCUT2D eigenvalue weighted by molar-refractivity contribution is 6.76. The second-order valence-electron chi connectivity index (χ2n) is 6.17. The summed E-state index contributed by atoms with van der Waals surface area (Å²) in [5, 5.41) is 0.763. The Balaban J connectivity index is 1.78. The van der Waals surface area contributed by atoms with Crippen molar-refractivity contribution in [2.24, 2.45) is 7.05 Å². The molecule has 3 aromatic rings. The molecule has 1 aliphatic heterocycles. The first-order chi connectivity index (χ1) is 13.9. The number of nitrogens with zero attached hydrogens (tertiary/aromatic N) is 3. The van der Waals surface area contributed by atoms with Gasteiger partial charge in [0.2, 0.25) is 5.71 Å². The lowest BCUT2D eigenvalue weighted by Crippen LogP contribution is -2.50. The minimum absolute atomic E-state index is 0.00290. The highest BCUT2D eigenvalue weighted by Crippen LogP contribution is 2.26. The number of aromatic nitrogens is 2. The van der Waals surface area contributed by atoms with Crippen molar-refractivity contribution in [3.8, 4) is 0 Å². The van der Waals surface area contributed by atoms with Crippen molar-refractivity contribution < 1.29 is 17.2 Å². The fraction of sp³-hybridized carbons (Fsp3) is 0.263. The minimum atomic E-state index is -2.30. The molecule has 120 valence electrons. The van der Waals surface area contributed by atoms with Crippen LogP contribution < -0.4 is 15.0 Å². The summed E-state index contributed by atoms with van der Waals surface area (Å²) in [5.41, 5.74) is 2.84. The number of anilines is 1. The van der Waals surface area contributed by atoms with Gasteiger partial charge in [-0.1, -0.05) is 0 Å². The number of rotatable bonds is 1. The SMILES string of the molecule is [2H]C([2H])([2H])c1ccc2c3c(oc2n1)B(C)N(c1cc(C)c(C([2H])([2H])[2H])c[n+]1C)C=C3. The maximum Gasteiger partial charge on any atom is 0.447 e. The predicted molar refractivity (Wildman–Crippen MR) is 98.6 cm³/mol. The molecule has 0 radical (unpaired) electrons. The summed E-state index contributed by atoms with van der Waals surface area (Å²) in [6.45, 7) is -0.912. The van der Waals surface area contributed by atoms with E-state index in [-0.39, 0.29) is 12.5 Å². The van der Waals surface area contributed by atoms with Crippen molar-refractivity contribution in [3.63, 3.8) is 0 Å². The Morgan fingerprint density at radius 2 is 2.17 bits per heavy atom. The van der Waals surface area contributed by atoms with Gasteiger partial charge in [0, 0.05) is 30.9 Å². The van der Waals surface area contributed by atoms with Crippen LogP contribution >= 0.6 is 0 Å². The van der Waals surface area contributed by atoms with E-state index in [1.54, 1.807) is 23.8 Å². The predicted octanol–water partition coefficient (Wildman–Crippen LogP) is 2.90. The van der Waals surface area contributed by atoms with Gasteiger partial charge in [0.25, 0.3) is 5.82 Å². The molecule has 0 bridgehead atoms. The van der Waals surface area contributed by atoms with Crippen molar-refractivity contribution in [2.45, 2.75) is 27.5 Å². The van der Waals surface area contributed by atoms with Crippen LogP contribution in [-0.4, -0.2) is 11.8 Å². The minimum Gasteiger partial charge on any atom is -0.447 e. The third-order valence-electron chi connectivity index (χ3n) is 4.54. The molecule has 0 aromatic carbocycles. The van der Waals surface area contributed by atoms with Crippen LogP contribution in [0.5, 0.6) is 0 Å². The Hall–Kier alpha value is -2.56. The van der Waals surface area contributed by atoms with Gasteiger partial charge in [-0.3, -0.25) is 4.81 Å². The molecule has 0 atom stereocenters. The topological polar surface area (TPSA) is 33.2 Å². The molecule has 3 aromatic heterocycles. The zero-order valence-electron chi connectivity index (χ0n) is 19.8. The van der Waals surface area contributed by atoms with Crippen LogP contribution in [0.3, 0.4) is 0 Å². The van der Waals surface area contributed by atoms with Gasteiger partial charge in [0.1, 0.15) is 5.66 Å². The van der Waals surface area contributed by atoms with Crippen LogP contribution in [0.1, 0.15) is 30.6 Å². The number of hydrogen-bond acceptors (Lipinski definition) is 3. The quantitative estimate of drug-likeness (QED) is 0.510. The van der Waals surface area contributed by atoms with Gasteiger partial charge in [-0.2, -0.15) is 0 Å². The summed E-state index contributed by atoms with van der Waals surface area (Å²) in [6, 6.07) is 5.09. The smallest absolute Gasteiger partial charge is 0.447 e. The zero-order chi connectivity index (χ0) is 22.0. The fourth-order valence-corrected chi connectivity index (χ4v) is 3.17. The number of furan rings is 1. The van der Waals surface area contributed by atoms with Gasteiger partial charge < -0.3 is 4.42 Å². The molecular formula is C19H21BN3O+. The Bertz CT molecular complexity index is 1180. The van der Waals surface area contributed by atoms with Crippen molar-refractivity contribution in [2.75, 3.05) is 4.81 Å². The van der Waals surface area contributed by atoms with Crippen molar-refractivity contribution >= 4 is 35.5 Å². The van der Waals surface area contributed by atoms with Crippen LogP contribution in [0, 0.1) is 20.6 Å². The second kappa shape index (κ2) is 5.23. The van der Waals surface area contributed by atoms with Crippen LogP contribution in [0.2, 0.25) is 6.82 Å². The van der Waals surface area contributed by atoms with Gasteiger partial charge in [0.05, 0.1) is 19.4 Å². The Kier molecular flexibility index (Phi) is 2.11. The van der Waals surface area contributed by atoms with Crippen molar-refractivity contribution in [1.82, 2.24) is 4.98 Å². The molecule has 0 unspecified atom stereocenters. The molecule has 1 aliphatic rings. The average Bonchev–Trinajstić information content (AvgIpc) is 3.01. The summed E-state index contributed by atoms with van der Waals surface area (Å²) >= 11 is 0. The highest BCUT2D eigenvalue weighted by Gasteiger charge is 2.38.